The maximum atomic E-state index is 8.37. The van der Waals surface area contributed by atoms with E-state index in [9.17, 15) is 0 Å². The van der Waals surface area contributed by atoms with Crippen LogP contribution in [0.25, 0.3) is 0 Å². The largest absolute Gasteiger partial charge is 0.394 e. The zero-order valence-electron chi connectivity index (χ0n) is 7.42. The van der Waals surface area contributed by atoms with Crippen molar-refractivity contribution in [3.8, 4) is 6.07 Å². The molecule has 1 atom stereocenters. The number of aliphatic hydroxyl groups is 1. The summed E-state index contributed by atoms with van der Waals surface area (Å²) < 4.78 is 5.02. The van der Waals surface area contributed by atoms with Crippen LogP contribution in [-0.2, 0) is 4.74 Å². The van der Waals surface area contributed by atoms with Crippen LogP contribution in [-0.4, -0.2) is 37.5 Å². The van der Waals surface area contributed by atoms with Crippen LogP contribution in [0.15, 0.2) is 0 Å². The summed E-state index contributed by atoms with van der Waals surface area (Å²) >= 11 is 0. The van der Waals surface area contributed by atoms with E-state index in [0.29, 0.717) is 19.6 Å². The van der Waals surface area contributed by atoms with Gasteiger partial charge in [0.2, 0.25) is 0 Å². The summed E-state index contributed by atoms with van der Waals surface area (Å²) in [5.41, 5.74) is 0. The lowest BCUT2D eigenvalue weighted by molar-refractivity contribution is 0.0929. The molecule has 1 unspecified atom stereocenters. The van der Waals surface area contributed by atoms with E-state index < -0.39 is 0 Å². The Labute approximate surface area is 73.1 Å². The third-order valence-electron chi connectivity index (χ3n) is 1.37. The number of rotatable bonds is 7. The molecule has 0 aromatic rings. The molecule has 2 N–H and O–H groups in total. The molecule has 70 valence electrons. The lowest BCUT2D eigenvalue weighted by Gasteiger charge is -2.09. The van der Waals surface area contributed by atoms with Gasteiger partial charge in [-0.15, -0.1) is 0 Å². The molecule has 4 nitrogen and oxygen atoms in total. The van der Waals surface area contributed by atoms with Gasteiger partial charge in [-0.3, -0.25) is 0 Å². The molecular formula is C8H16N2O2. The predicted molar refractivity (Wildman–Crippen MR) is 45.6 cm³/mol. The van der Waals surface area contributed by atoms with E-state index in [-0.39, 0.29) is 12.6 Å². The summed E-state index contributed by atoms with van der Waals surface area (Å²) in [5, 5.41) is 19.8. The van der Waals surface area contributed by atoms with Crippen molar-refractivity contribution in [2.75, 3.05) is 26.4 Å². The van der Waals surface area contributed by atoms with E-state index in [2.05, 4.69) is 11.4 Å². The molecule has 0 rings (SSSR count). The van der Waals surface area contributed by atoms with Crippen molar-refractivity contribution in [2.24, 2.45) is 0 Å². The number of nitrogens with one attached hydrogen (secondary N) is 1. The van der Waals surface area contributed by atoms with E-state index in [0.717, 1.165) is 6.54 Å². The fourth-order valence-corrected chi connectivity index (χ4v) is 0.753. The Morgan fingerprint density at radius 3 is 2.92 bits per heavy atom. The Balaban J connectivity index is 3.04. The van der Waals surface area contributed by atoms with E-state index in [1.807, 2.05) is 6.92 Å². The van der Waals surface area contributed by atoms with Gasteiger partial charge < -0.3 is 15.2 Å². The normalized spacial score (nSPS) is 12.4. The average molecular weight is 172 g/mol. The van der Waals surface area contributed by atoms with Gasteiger partial charge in [0.1, 0.15) is 0 Å². The summed E-state index contributed by atoms with van der Waals surface area (Å²) in [5.74, 6) is 0. The van der Waals surface area contributed by atoms with Gasteiger partial charge >= 0.3 is 0 Å². The second kappa shape index (κ2) is 8.47. The van der Waals surface area contributed by atoms with Crippen LogP contribution in [0.1, 0.15) is 13.3 Å². The Bertz CT molecular complexity index is 134. The Morgan fingerprint density at radius 1 is 1.58 bits per heavy atom. The van der Waals surface area contributed by atoms with Gasteiger partial charge in [-0.1, -0.05) is 0 Å². The lowest BCUT2D eigenvalue weighted by Crippen LogP contribution is -2.29. The number of hydrogen-bond acceptors (Lipinski definition) is 4. The maximum Gasteiger partial charge on any atom is 0.0698 e. The summed E-state index contributed by atoms with van der Waals surface area (Å²) in [7, 11) is 0. The molecule has 0 aliphatic carbocycles. The molecule has 0 spiro atoms. The fraction of sp³-hybridized carbons (Fsp3) is 0.875. The van der Waals surface area contributed by atoms with Crippen LogP contribution < -0.4 is 5.32 Å². The molecule has 0 aliphatic heterocycles. The Morgan fingerprint density at radius 2 is 2.33 bits per heavy atom. The molecule has 0 aromatic carbocycles. The minimum Gasteiger partial charge on any atom is -0.394 e. The van der Waals surface area contributed by atoms with Crippen LogP contribution in [0.4, 0.5) is 0 Å². The first-order chi connectivity index (χ1) is 5.81. The molecule has 0 saturated heterocycles. The highest BCUT2D eigenvalue weighted by molar-refractivity contribution is 4.76. The number of aliphatic hydroxyl groups excluding tert-OH is 1. The highest BCUT2D eigenvalue weighted by Crippen LogP contribution is 1.86. The topological polar surface area (TPSA) is 65.3 Å². The lowest BCUT2D eigenvalue weighted by atomic mass is 10.2. The first-order valence-electron chi connectivity index (χ1n) is 4.10. The average Bonchev–Trinajstić information content (AvgIpc) is 2.05. The zero-order chi connectivity index (χ0) is 9.23. The van der Waals surface area contributed by atoms with Crippen molar-refractivity contribution < 1.29 is 9.84 Å². The summed E-state index contributed by atoms with van der Waals surface area (Å²) in [6.07, 6.45) is 0.514. The second-order valence-corrected chi connectivity index (χ2v) is 2.55. The molecule has 0 radical (unpaired) electrons. The van der Waals surface area contributed by atoms with E-state index in [1.54, 1.807) is 0 Å². The number of nitrogens with zero attached hydrogens (tertiary/aromatic N) is 1. The molecule has 12 heavy (non-hydrogen) atoms. The molecule has 0 aromatic heterocycles. The van der Waals surface area contributed by atoms with Gasteiger partial charge in [-0.2, -0.15) is 5.26 Å². The molecule has 0 aliphatic rings. The molecule has 4 heteroatoms. The number of hydrogen-bond donors (Lipinski definition) is 2. The fourth-order valence-electron chi connectivity index (χ4n) is 0.753. The summed E-state index contributed by atoms with van der Waals surface area (Å²) in [6.45, 7) is 3.70. The number of ether oxygens (including phenoxy) is 1. The van der Waals surface area contributed by atoms with Gasteiger partial charge in [0.05, 0.1) is 32.3 Å². The molecule has 0 heterocycles. The van der Waals surface area contributed by atoms with Crippen molar-refractivity contribution >= 4 is 0 Å². The minimum absolute atomic E-state index is 0.0632. The van der Waals surface area contributed by atoms with Crippen molar-refractivity contribution in [1.29, 1.82) is 5.26 Å². The van der Waals surface area contributed by atoms with Gasteiger partial charge in [0.25, 0.3) is 0 Å². The van der Waals surface area contributed by atoms with Crippen LogP contribution >= 0.6 is 0 Å². The highest BCUT2D eigenvalue weighted by atomic mass is 16.5. The van der Waals surface area contributed by atoms with Crippen LogP contribution in [0, 0.1) is 11.3 Å². The standard InChI is InChI=1S/C8H16N2O2/c1-8(2-3-9)10-4-6-12-7-5-11/h8,10-11H,2,4-7H2,1H3. The Hall–Kier alpha value is -0.630. The van der Waals surface area contributed by atoms with E-state index >= 15 is 0 Å². The van der Waals surface area contributed by atoms with Gasteiger partial charge in [-0.05, 0) is 6.92 Å². The third kappa shape index (κ3) is 7.48. The minimum atomic E-state index is 0.0632. The highest BCUT2D eigenvalue weighted by Gasteiger charge is 1.97. The van der Waals surface area contributed by atoms with Gasteiger partial charge in [0.15, 0.2) is 0 Å². The van der Waals surface area contributed by atoms with Crippen LogP contribution in [0.5, 0.6) is 0 Å². The van der Waals surface area contributed by atoms with Crippen LogP contribution in [0.3, 0.4) is 0 Å². The first-order valence-corrected chi connectivity index (χ1v) is 4.10. The summed E-state index contributed by atoms with van der Waals surface area (Å²) in [6, 6.07) is 2.29. The smallest absolute Gasteiger partial charge is 0.0698 e. The van der Waals surface area contributed by atoms with Crippen molar-refractivity contribution in [1.82, 2.24) is 5.32 Å². The number of nitriles is 1. The molecule has 0 fully saturated rings. The Kier molecular flexibility index (Phi) is 8.02. The van der Waals surface area contributed by atoms with Gasteiger partial charge in [-0.25, -0.2) is 0 Å². The molecule has 0 bridgehead atoms. The van der Waals surface area contributed by atoms with Gasteiger partial charge in [0, 0.05) is 12.6 Å². The van der Waals surface area contributed by atoms with Crippen molar-refractivity contribution in [3.05, 3.63) is 0 Å². The van der Waals surface area contributed by atoms with E-state index in [4.69, 9.17) is 15.1 Å². The van der Waals surface area contributed by atoms with E-state index in [1.165, 1.54) is 0 Å². The summed E-state index contributed by atoms with van der Waals surface area (Å²) in [4.78, 5) is 0. The monoisotopic (exact) mass is 172 g/mol. The third-order valence-corrected chi connectivity index (χ3v) is 1.37. The van der Waals surface area contributed by atoms with Crippen LogP contribution in [0.2, 0.25) is 0 Å². The van der Waals surface area contributed by atoms with Crippen molar-refractivity contribution in [2.45, 2.75) is 19.4 Å². The quantitative estimate of drug-likeness (QED) is 0.526. The molecule has 0 saturated carbocycles. The molecular weight excluding hydrogens is 156 g/mol. The zero-order valence-corrected chi connectivity index (χ0v) is 7.42. The van der Waals surface area contributed by atoms with Crippen molar-refractivity contribution in [3.63, 3.8) is 0 Å². The first kappa shape index (κ1) is 11.4. The maximum absolute atomic E-state index is 8.37. The second-order valence-electron chi connectivity index (χ2n) is 2.55. The molecule has 0 amide bonds. The predicted octanol–water partition coefficient (Wildman–Crippen LogP) is -0.113. The SMILES string of the molecule is CC(CC#N)NCCOCCO.